The Kier molecular flexibility index (Phi) is 63.1. The predicted molar refractivity (Wildman–Crippen MR) is 355 cm³/mol. The smallest absolute Gasteiger partial charge is 0.387 e. The van der Waals surface area contributed by atoms with Gasteiger partial charge in [-0.25, -0.2) is 4.57 Å². The molecule has 81 heavy (non-hydrogen) atoms. The molecular weight excluding hydrogens is 1020 g/mol. The van der Waals surface area contributed by atoms with E-state index in [0.717, 1.165) is 32.1 Å². The highest BCUT2D eigenvalue weighted by Crippen LogP contribution is 2.43. The molecular formula is C72H146N2O6P+. The van der Waals surface area contributed by atoms with E-state index in [9.17, 15) is 19.4 Å². The van der Waals surface area contributed by atoms with Crippen LogP contribution in [0.5, 0.6) is 0 Å². The molecule has 0 aliphatic rings. The largest absolute Gasteiger partial charge is 0.472 e. The van der Waals surface area contributed by atoms with Crippen molar-refractivity contribution in [2.24, 2.45) is 0 Å². The summed E-state index contributed by atoms with van der Waals surface area (Å²) in [5, 5.41) is 14.0. The first kappa shape index (κ1) is 80.2. The molecule has 0 aromatic carbocycles. The van der Waals surface area contributed by atoms with Crippen molar-refractivity contribution in [3.63, 3.8) is 0 Å². The van der Waals surface area contributed by atoms with E-state index in [2.05, 4.69) is 19.2 Å². The molecule has 1 amide bonds. The molecule has 0 saturated carbocycles. The van der Waals surface area contributed by atoms with Gasteiger partial charge in [-0.3, -0.25) is 13.8 Å². The van der Waals surface area contributed by atoms with Crippen LogP contribution in [-0.4, -0.2) is 73.4 Å². The number of nitrogens with one attached hydrogen (secondary N) is 1. The minimum absolute atomic E-state index is 0.0656. The zero-order valence-electron chi connectivity index (χ0n) is 55.6. The number of hydrogen-bond donors (Lipinski definition) is 3. The molecule has 0 rings (SSSR count). The van der Waals surface area contributed by atoms with Crippen LogP contribution in [0.15, 0.2) is 12.2 Å². The van der Waals surface area contributed by atoms with Crippen molar-refractivity contribution in [2.45, 2.75) is 405 Å². The number of nitrogens with zero attached hydrogens (tertiary/aromatic N) is 1. The highest BCUT2D eigenvalue weighted by molar-refractivity contribution is 7.47. The molecule has 0 heterocycles. The quantitative estimate of drug-likeness (QED) is 0.0243. The standard InChI is InChI=1S/C72H145N2O6P/c1-6-8-10-12-14-16-18-20-22-24-26-28-30-32-34-35-36-37-38-40-41-43-45-47-49-51-53-55-57-59-61-63-65-71(75)70(69-80-81(77,78)79-68-67-74(3,4)5)73-72(76)66-64-62-60-58-56-54-52-50-48-46-44-42-39-33-31-29-27-25-23-21-19-17-15-13-11-9-7-2/h63,65,70-71,75H,6-62,64,66-69H2,1-5H3,(H-,73,76,77,78)/p+1/b65-63+. The van der Waals surface area contributed by atoms with Crippen molar-refractivity contribution in [1.82, 2.24) is 5.32 Å². The van der Waals surface area contributed by atoms with Gasteiger partial charge in [-0.2, -0.15) is 0 Å². The molecule has 0 aromatic heterocycles. The Morgan fingerprint density at radius 1 is 0.407 bits per heavy atom. The summed E-state index contributed by atoms with van der Waals surface area (Å²) in [6.45, 7) is 4.89. The molecule has 3 N–H and O–H groups in total. The van der Waals surface area contributed by atoms with Gasteiger partial charge in [0.25, 0.3) is 0 Å². The Morgan fingerprint density at radius 2 is 0.654 bits per heavy atom. The van der Waals surface area contributed by atoms with Crippen LogP contribution in [-0.2, 0) is 18.4 Å². The number of carbonyl (C=O) groups is 1. The second kappa shape index (κ2) is 63.7. The van der Waals surface area contributed by atoms with Crippen LogP contribution < -0.4 is 5.32 Å². The van der Waals surface area contributed by atoms with Gasteiger partial charge in [0.2, 0.25) is 5.91 Å². The third-order valence-electron chi connectivity index (χ3n) is 17.3. The number of aliphatic hydroxyl groups is 1. The van der Waals surface area contributed by atoms with E-state index < -0.39 is 20.0 Å². The molecule has 8 nitrogen and oxygen atoms in total. The van der Waals surface area contributed by atoms with E-state index in [-0.39, 0.29) is 19.1 Å². The zero-order chi connectivity index (χ0) is 59.1. The Bertz CT molecular complexity index is 1320. The molecule has 484 valence electrons. The van der Waals surface area contributed by atoms with E-state index in [1.807, 2.05) is 27.2 Å². The van der Waals surface area contributed by atoms with Gasteiger partial charge in [0.15, 0.2) is 0 Å². The lowest BCUT2D eigenvalue weighted by Crippen LogP contribution is -2.45. The number of hydrogen-bond acceptors (Lipinski definition) is 5. The minimum Gasteiger partial charge on any atom is -0.387 e. The number of aliphatic hydroxyl groups excluding tert-OH is 1. The highest BCUT2D eigenvalue weighted by Gasteiger charge is 2.28. The highest BCUT2D eigenvalue weighted by atomic mass is 31.2. The lowest BCUT2D eigenvalue weighted by Gasteiger charge is -2.25. The zero-order valence-corrected chi connectivity index (χ0v) is 56.5. The van der Waals surface area contributed by atoms with Gasteiger partial charge in [0.1, 0.15) is 13.2 Å². The van der Waals surface area contributed by atoms with Crippen LogP contribution in [0.2, 0.25) is 0 Å². The minimum atomic E-state index is -4.35. The van der Waals surface area contributed by atoms with Crippen LogP contribution in [0, 0.1) is 0 Å². The van der Waals surface area contributed by atoms with Crippen molar-refractivity contribution in [2.75, 3.05) is 40.9 Å². The van der Waals surface area contributed by atoms with E-state index in [0.29, 0.717) is 17.4 Å². The molecule has 0 bridgehead atoms. The molecule has 0 radical (unpaired) electrons. The van der Waals surface area contributed by atoms with E-state index in [1.54, 1.807) is 6.08 Å². The van der Waals surface area contributed by atoms with Gasteiger partial charge < -0.3 is 19.8 Å². The summed E-state index contributed by atoms with van der Waals surface area (Å²) in [5.74, 6) is -0.166. The van der Waals surface area contributed by atoms with Crippen LogP contribution >= 0.6 is 7.82 Å². The van der Waals surface area contributed by atoms with Crippen LogP contribution in [0.25, 0.3) is 0 Å². The molecule has 0 spiro atoms. The molecule has 0 aliphatic heterocycles. The van der Waals surface area contributed by atoms with Gasteiger partial charge in [-0.15, -0.1) is 0 Å². The summed E-state index contributed by atoms with van der Waals surface area (Å²) in [4.78, 5) is 23.4. The fourth-order valence-electron chi connectivity index (χ4n) is 11.6. The number of phosphoric acid groups is 1. The van der Waals surface area contributed by atoms with Gasteiger partial charge in [-0.1, -0.05) is 379 Å². The summed E-state index contributed by atoms with van der Waals surface area (Å²) in [6.07, 6.45) is 82.3. The normalized spacial score (nSPS) is 13.6. The van der Waals surface area contributed by atoms with Crippen molar-refractivity contribution in [3.05, 3.63) is 12.2 Å². The Hall–Kier alpha value is -0.760. The molecule has 0 saturated heterocycles. The lowest BCUT2D eigenvalue weighted by atomic mass is 10.0. The summed E-state index contributed by atoms with van der Waals surface area (Å²) < 4.78 is 23.8. The van der Waals surface area contributed by atoms with Gasteiger partial charge in [0.05, 0.1) is 39.9 Å². The number of quaternary nitrogens is 1. The Morgan fingerprint density at radius 3 is 0.914 bits per heavy atom. The number of amides is 1. The fourth-order valence-corrected chi connectivity index (χ4v) is 12.3. The molecule has 0 fully saturated rings. The molecule has 0 aromatic rings. The number of carbonyl (C=O) groups excluding carboxylic acids is 1. The first-order chi connectivity index (χ1) is 39.5. The number of likely N-dealkylation sites (N-methyl/N-ethyl adjacent to an activating group) is 1. The Balaban J connectivity index is 4.00. The SMILES string of the molecule is CCCCCCCCCCCCCCCCCCCCCCCCCCCCCCCC/C=C/C(O)C(COP(=O)(O)OCC[N+](C)(C)C)NC(=O)CCCCCCCCCCCCCCCCCCCCCCCCCCCCC. The molecule has 3 atom stereocenters. The molecule has 3 unspecified atom stereocenters. The first-order valence-electron chi connectivity index (χ1n) is 36.6. The average molecular weight is 1170 g/mol. The fraction of sp³-hybridized carbons (Fsp3) is 0.958. The lowest BCUT2D eigenvalue weighted by molar-refractivity contribution is -0.870. The Labute approximate surface area is 507 Å². The maximum Gasteiger partial charge on any atom is 0.472 e. The number of phosphoric ester groups is 1. The number of unbranched alkanes of at least 4 members (excludes halogenated alkanes) is 56. The first-order valence-corrected chi connectivity index (χ1v) is 38.1. The average Bonchev–Trinajstić information content (AvgIpc) is 3.43. The maximum absolute atomic E-state index is 13.1. The van der Waals surface area contributed by atoms with E-state index >= 15 is 0 Å². The van der Waals surface area contributed by atoms with Gasteiger partial charge in [0, 0.05) is 6.42 Å². The van der Waals surface area contributed by atoms with Crippen LogP contribution in [0.4, 0.5) is 0 Å². The van der Waals surface area contributed by atoms with Gasteiger partial charge >= 0.3 is 7.82 Å². The van der Waals surface area contributed by atoms with E-state index in [1.165, 1.54) is 340 Å². The summed E-state index contributed by atoms with van der Waals surface area (Å²) in [5.41, 5.74) is 0. The molecule has 0 aliphatic carbocycles. The van der Waals surface area contributed by atoms with Crippen LogP contribution in [0.1, 0.15) is 393 Å². The summed E-state index contributed by atoms with van der Waals surface area (Å²) in [7, 11) is 1.60. The second-order valence-corrected chi connectivity index (χ2v) is 28.1. The second-order valence-electron chi connectivity index (χ2n) is 26.7. The third-order valence-corrected chi connectivity index (χ3v) is 18.2. The van der Waals surface area contributed by atoms with Gasteiger partial charge in [-0.05, 0) is 19.3 Å². The third kappa shape index (κ3) is 66.6. The predicted octanol–water partition coefficient (Wildman–Crippen LogP) is 23.3. The van der Waals surface area contributed by atoms with Crippen molar-refractivity contribution in [3.8, 4) is 0 Å². The summed E-state index contributed by atoms with van der Waals surface area (Å²) >= 11 is 0. The number of allylic oxidation sites excluding steroid dienone is 1. The monoisotopic (exact) mass is 1170 g/mol. The molecule has 9 heteroatoms. The topological polar surface area (TPSA) is 105 Å². The van der Waals surface area contributed by atoms with Crippen molar-refractivity contribution < 1.29 is 32.9 Å². The summed E-state index contributed by atoms with van der Waals surface area (Å²) in [6, 6.07) is -0.844. The van der Waals surface area contributed by atoms with Crippen molar-refractivity contribution >= 4 is 13.7 Å². The maximum atomic E-state index is 13.1. The van der Waals surface area contributed by atoms with E-state index in [4.69, 9.17) is 9.05 Å². The van der Waals surface area contributed by atoms with Crippen LogP contribution in [0.3, 0.4) is 0 Å². The number of rotatable bonds is 69. The van der Waals surface area contributed by atoms with Crippen molar-refractivity contribution in [1.29, 1.82) is 0 Å².